The summed E-state index contributed by atoms with van der Waals surface area (Å²) in [5, 5.41) is 9.98. The van der Waals surface area contributed by atoms with Crippen molar-refractivity contribution >= 4 is 22.7 Å². The van der Waals surface area contributed by atoms with Crippen molar-refractivity contribution in [3.63, 3.8) is 0 Å². The number of halogens is 5. The number of rotatable bonds is 3. The average molecular weight is 532 g/mol. The first kappa shape index (κ1) is 24.6. The lowest BCUT2D eigenvalue weighted by Crippen LogP contribution is -2.69. The first-order valence-corrected chi connectivity index (χ1v) is 12.4. The molecule has 0 saturated carbocycles. The zero-order valence-electron chi connectivity index (χ0n) is 20.6. The smallest absolute Gasteiger partial charge is 0.419 e. The minimum atomic E-state index is -4.79. The van der Waals surface area contributed by atoms with Crippen LogP contribution in [0.3, 0.4) is 0 Å². The molecule has 3 aliphatic heterocycles. The summed E-state index contributed by atoms with van der Waals surface area (Å²) in [7, 11) is 2.03. The lowest BCUT2D eigenvalue weighted by molar-refractivity contribution is -0.139. The van der Waals surface area contributed by atoms with Crippen LogP contribution in [0.2, 0.25) is 0 Å². The Hall–Kier alpha value is -3.76. The number of aromatic hydroxyl groups is 1. The summed E-state index contributed by atoms with van der Waals surface area (Å²) in [4.78, 5) is 13.7. The van der Waals surface area contributed by atoms with E-state index in [2.05, 4.69) is 31.9 Å². The Morgan fingerprint density at radius 2 is 1.84 bits per heavy atom. The van der Waals surface area contributed by atoms with Crippen molar-refractivity contribution in [1.29, 1.82) is 0 Å². The predicted octanol–water partition coefficient (Wildman–Crippen LogP) is 5.43. The fourth-order valence-electron chi connectivity index (χ4n) is 6.03. The van der Waals surface area contributed by atoms with E-state index >= 15 is 0 Å². The van der Waals surface area contributed by atoms with Gasteiger partial charge in [-0.05, 0) is 37.1 Å². The van der Waals surface area contributed by atoms with Crippen molar-refractivity contribution < 1.29 is 27.1 Å². The molecule has 3 aromatic rings. The Balaban J connectivity index is 1.26. The molecule has 6 nitrogen and oxygen atoms in total. The molecule has 38 heavy (non-hydrogen) atoms. The summed E-state index contributed by atoms with van der Waals surface area (Å²) >= 11 is 0. The fourth-order valence-corrected chi connectivity index (χ4v) is 6.03. The largest absolute Gasteiger partial charge is 0.505 e. The minimum absolute atomic E-state index is 0.00331. The van der Waals surface area contributed by atoms with Crippen molar-refractivity contribution in [3.8, 4) is 5.75 Å². The van der Waals surface area contributed by atoms with E-state index in [-0.39, 0.29) is 22.5 Å². The summed E-state index contributed by atoms with van der Waals surface area (Å²) in [6.07, 6.45) is 2.97. The molecule has 2 aromatic carbocycles. The van der Waals surface area contributed by atoms with E-state index in [4.69, 9.17) is 0 Å². The Labute approximate surface area is 215 Å². The van der Waals surface area contributed by atoms with Gasteiger partial charge in [0.2, 0.25) is 5.95 Å². The summed E-state index contributed by atoms with van der Waals surface area (Å²) in [5.74, 6) is -1.98. The van der Waals surface area contributed by atoms with Crippen LogP contribution in [0, 0.1) is 17.0 Å². The Kier molecular flexibility index (Phi) is 5.59. The van der Waals surface area contributed by atoms with Crippen LogP contribution in [0.4, 0.5) is 33.6 Å². The molecule has 1 aromatic heterocycles. The number of aromatic nitrogens is 2. The van der Waals surface area contributed by atoms with Gasteiger partial charge < -0.3 is 24.8 Å². The van der Waals surface area contributed by atoms with Crippen LogP contribution in [0.15, 0.2) is 54.3 Å². The van der Waals surface area contributed by atoms with Crippen molar-refractivity contribution in [1.82, 2.24) is 14.9 Å². The number of H-pyrrole nitrogens is 1. The highest BCUT2D eigenvalue weighted by Crippen LogP contribution is 2.52. The number of hydrogen-bond acceptors (Lipinski definition) is 5. The number of likely N-dealkylation sites (N-methyl/N-ethyl adjacent to an activating group) is 1. The van der Waals surface area contributed by atoms with Gasteiger partial charge in [0.15, 0.2) is 11.6 Å². The molecule has 2 saturated heterocycles. The number of alkyl halides is 3. The lowest BCUT2D eigenvalue weighted by Gasteiger charge is -2.62. The van der Waals surface area contributed by atoms with E-state index in [1.807, 2.05) is 18.0 Å². The summed E-state index contributed by atoms with van der Waals surface area (Å²) in [5.41, 5.74) is 0.753. The second-order valence-corrected chi connectivity index (χ2v) is 10.3. The maximum Gasteiger partial charge on any atom is 0.419 e. The third-order valence-electron chi connectivity index (χ3n) is 8.06. The Morgan fingerprint density at radius 3 is 2.53 bits per heavy atom. The Bertz CT molecular complexity index is 1450. The van der Waals surface area contributed by atoms with E-state index in [9.17, 15) is 27.1 Å². The van der Waals surface area contributed by atoms with Crippen molar-refractivity contribution in [2.24, 2.45) is 5.41 Å². The van der Waals surface area contributed by atoms with Gasteiger partial charge in [0.25, 0.3) is 0 Å². The molecule has 3 aliphatic rings. The topological polar surface area (TPSA) is 58.6 Å². The van der Waals surface area contributed by atoms with Crippen molar-refractivity contribution in [2.75, 3.05) is 43.0 Å². The second-order valence-electron chi connectivity index (χ2n) is 10.3. The van der Waals surface area contributed by atoms with Gasteiger partial charge >= 0.3 is 6.18 Å². The standard InChI is InChI=1S/C27H26F5N5O/c1-35-9-3-2-4-22(35)24-26(15-37(24)16-5-6-18(28)23(38)12-16)7-10-36(11-8-26)25-33-20-13-17(27(30,31)32)19(29)14-21(20)34-25/h2-6,12-14,24,38H,7-11,15H2,1H3,(H,33,34). The molecule has 2 N–H and O–H groups in total. The number of nitrogens with one attached hydrogen (secondary N) is 1. The number of nitrogens with zero attached hydrogens (tertiary/aromatic N) is 4. The molecule has 0 aliphatic carbocycles. The van der Waals surface area contributed by atoms with Gasteiger partial charge in [0.05, 0.1) is 22.6 Å². The Morgan fingerprint density at radius 1 is 1.08 bits per heavy atom. The molecule has 2 fully saturated rings. The third kappa shape index (κ3) is 3.95. The number of allylic oxidation sites excluding steroid dienone is 2. The van der Waals surface area contributed by atoms with E-state index in [1.165, 1.54) is 12.1 Å². The molecule has 1 spiro atoms. The first-order chi connectivity index (χ1) is 18.1. The maximum absolute atomic E-state index is 14.1. The molecule has 200 valence electrons. The highest BCUT2D eigenvalue weighted by molar-refractivity contribution is 5.79. The fraction of sp³-hybridized carbons (Fsp3) is 0.370. The average Bonchev–Trinajstić information content (AvgIpc) is 3.28. The molecular formula is C27H26F5N5O. The van der Waals surface area contributed by atoms with Gasteiger partial charge in [-0.3, -0.25) is 0 Å². The minimum Gasteiger partial charge on any atom is -0.505 e. The summed E-state index contributed by atoms with van der Waals surface area (Å²) in [6.45, 7) is 2.70. The molecule has 0 bridgehead atoms. The first-order valence-electron chi connectivity index (χ1n) is 12.4. The van der Waals surface area contributed by atoms with Crippen LogP contribution in [0.5, 0.6) is 5.75 Å². The molecular weight excluding hydrogens is 505 g/mol. The SMILES string of the molecule is CN1CC=CC=C1C1N(c2ccc(F)c(O)c2)CC12CCN(c1nc3cc(F)c(C(F)(F)F)cc3[nH]1)CC2. The zero-order valence-corrected chi connectivity index (χ0v) is 20.6. The van der Waals surface area contributed by atoms with Gasteiger partial charge in [-0.25, -0.2) is 13.8 Å². The van der Waals surface area contributed by atoms with E-state index in [1.54, 1.807) is 6.07 Å². The van der Waals surface area contributed by atoms with E-state index in [0.29, 0.717) is 25.6 Å². The van der Waals surface area contributed by atoms with Crippen LogP contribution in [0.25, 0.3) is 11.0 Å². The number of piperidine rings is 1. The van der Waals surface area contributed by atoms with Crippen LogP contribution >= 0.6 is 0 Å². The van der Waals surface area contributed by atoms with Crippen molar-refractivity contribution in [2.45, 2.75) is 25.1 Å². The number of hydrogen-bond donors (Lipinski definition) is 2. The monoisotopic (exact) mass is 531 g/mol. The van der Waals surface area contributed by atoms with Crippen molar-refractivity contribution in [3.05, 3.63) is 71.5 Å². The normalized spacial score (nSPS) is 21.3. The number of benzene rings is 2. The number of fused-ring (bicyclic) bond motifs is 1. The number of aromatic amines is 1. The molecule has 4 heterocycles. The van der Waals surface area contributed by atoms with Gasteiger partial charge in [-0.2, -0.15) is 13.2 Å². The van der Waals surface area contributed by atoms with Gasteiger partial charge in [0, 0.05) is 62.2 Å². The number of phenolic OH excluding ortho intramolecular Hbond substituents is 1. The summed E-state index contributed by atoms with van der Waals surface area (Å²) in [6, 6.07) is 5.98. The maximum atomic E-state index is 14.1. The van der Waals surface area contributed by atoms with Gasteiger partial charge in [-0.15, -0.1) is 0 Å². The number of anilines is 2. The number of imidazole rings is 1. The third-order valence-corrected chi connectivity index (χ3v) is 8.06. The van der Waals surface area contributed by atoms with E-state index in [0.717, 1.165) is 42.9 Å². The molecule has 0 radical (unpaired) electrons. The van der Waals surface area contributed by atoms with Crippen LogP contribution in [-0.4, -0.2) is 59.2 Å². The van der Waals surface area contributed by atoms with Crippen LogP contribution < -0.4 is 9.80 Å². The highest BCUT2D eigenvalue weighted by atomic mass is 19.4. The molecule has 11 heteroatoms. The molecule has 6 rings (SSSR count). The highest BCUT2D eigenvalue weighted by Gasteiger charge is 2.56. The lowest BCUT2D eigenvalue weighted by atomic mass is 9.63. The molecule has 1 unspecified atom stereocenters. The molecule has 1 atom stereocenters. The predicted molar refractivity (Wildman–Crippen MR) is 134 cm³/mol. The zero-order chi connectivity index (χ0) is 26.8. The summed E-state index contributed by atoms with van der Waals surface area (Å²) < 4.78 is 67.2. The number of phenols is 1. The second kappa shape index (κ2) is 8.64. The van der Waals surface area contributed by atoms with Crippen LogP contribution in [-0.2, 0) is 6.18 Å². The van der Waals surface area contributed by atoms with E-state index < -0.39 is 29.1 Å². The van der Waals surface area contributed by atoms with Crippen LogP contribution in [0.1, 0.15) is 18.4 Å². The van der Waals surface area contributed by atoms with Gasteiger partial charge in [0.1, 0.15) is 5.82 Å². The quantitative estimate of drug-likeness (QED) is 0.442. The van der Waals surface area contributed by atoms with Gasteiger partial charge in [-0.1, -0.05) is 12.2 Å². The molecule has 0 amide bonds.